The zero-order valence-corrected chi connectivity index (χ0v) is 11.5. The fraction of sp³-hybridized carbons (Fsp3) is 0.333. The van der Waals surface area contributed by atoms with E-state index in [9.17, 15) is 0 Å². The van der Waals surface area contributed by atoms with Crippen LogP contribution in [0.25, 0.3) is 11.4 Å². The van der Waals surface area contributed by atoms with Gasteiger partial charge in [-0.05, 0) is 12.1 Å². The number of rotatable bonds is 5. The first kappa shape index (κ1) is 15.4. The van der Waals surface area contributed by atoms with Crippen LogP contribution in [0.1, 0.15) is 12.0 Å². The number of aromatic nitrogens is 2. The second-order valence-electron chi connectivity index (χ2n) is 3.62. The van der Waals surface area contributed by atoms with Gasteiger partial charge in [0.2, 0.25) is 5.82 Å². The molecular weight excluding hydrogens is 270 g/mol. The lowest BCUT2D eigenvalue weighted by molar-refractivity contribution is 0.0804. The highest BCUT2D eigenvalue weighted by molar-refractivity contribution is 5.85. The molecule has 7 heteroatoms. The first-order valence-electron chi connectivity index (χ1n) is 5.50. The summed E-state index contributed by atoms with van der Waals surface area (Å²) in [5, 5.41) is 3.91. The molecule has 1 aromatic carbocycles. The van der Waals surface area contributed by atoms with E-state index in [4.69, 9.17) is 19.7 Å². The van der Waals surface area contributed by atoms with Crippen molar-refractivity contribution in [2.75, 3.05) is 20.8 Å². The minimum Gasteiger partial charge on any atom is -0.496 e. The van der Waals surface area contributed by atoms with Gasteiger partial charge in [-0.25, -0.2) is 0 Å². The van der Waals surface area contributed by atoms with Gasteiger partial charge in [-0.15, -0.1) is 12.4 Å². The minimum atomic E-state index is -0.388. The van der Waals surface area contributed by atoms with Crippen molar-refractivity contribution in [2.24, 2.45) is 5.73 Å². The third-order valence-corrected chi connectivity index (χ3v) is 2.56. The van der Waals surface area contributed by atoms with E-state index in [1.807, 2.05) is 24.3 Å². The molecule has 6 nitrogen and oxygen atoms in total. The number of ether oxygens (including phenoxy) is 2. The molecule has 2 aromatic rings. The van der Waals surface area contributed by atoms with Crippen molar-refractivity contribution in [1.82, 2.24) is 10.1 Å². The van der Waals surface area contributed by atoms with Crippen molar-refractivity contribution in [1.29, 1.82) is 0 Å². The molecule has 1 heterocycles. The first-order valence-corrected chi connectivity index (χ1v) is 5.50. The van der Waals surface area contributed by atoms with Crippen molar-refractivity contribution in [3.63, 3.8) is 0 Å². The molecule has 0 radical (unpaired) electrons. The Balaban J connectivity index is 0.00000180. The molecule has 104 valence electrons. The van der Waals surface area contributed by atoms with Crippen molar-refractivity contribution in [2.45, 2.75) is 6.10 Å². The molecule has 1 atom stereocenters. The van der Waals surface area contributed by atoms with E-state index in [-0.39, 0.29) is 25.1 Å². The molecule has 0 spiro atoms. The second-order valence-corrected chi connectivity index (χ2v) is 3.62. The van der Waals surface area contributed by atoms with Crippen molar-refractivity contribution in [3.05, 3.63) is 30.2 Å². The number of hydrogen-bond acceptors (Lipinski definition) is 6. The number of halogens is 1. The summed E-state index contributed by atoms with van der Waals surface area (Å²) in [5.74, 6) is 1.51. The molecular formula is C12H16ClN3O3. The van der Waals surface area contributed by atoms with Crippen LogP contribution in [0.5, 0.6) is 5.75 Å². The fourth-order valence-electron chi connectivity index (χ4n) is 1.60. The lowest BCUT2D eigenvalue weighted by atomic mass is 10.2. The molecule has 0 saturated carbocycles. The van der Waals surface area contributed by atoms with Crippen LogP contribution in [-0.2, 0) is 4.74 Å². The average molecular weight is 286 g/mol. The van der Waals surface area contributed by atoms with Gasteiger partial charge >= 0.3 is 0 Å². The SMILES string of the molecule is COc1ccccc1-c1noc(C(CN)OC)n1.Cl. The molecule has 0 aliphatic rings. The highest BCUT2D eigenvalue weighted by Crippen LogP contribution is 2.28. The maximum Gasteiger partial charge on any atom is 0.257 e. The average Bonchev–Trinajstić information content (AvgIpc) is 2.89. The molecule has 19 heavy (non-hydrogen) atoms. The Morgan fingerprint density at radius 2 is 2.05 bits per heavy atom. The fourth-order valence-corrected chi connectivity index (χ4v) is 1.60. The third kappa shape index (κ3) is 3.23. The maximum absolute atomic E-state index is 5.54. The number of nitrogens with zero attached hydrogens (tertiary/aromatic N) is 2. The molecule has 2 N–H and O–H groups in total. The van der Waals surface area contributed by atoms with Gasteiger partial charge in [0.05, 0.1) is 12.7 Å². The zero-order valence-electron chi connectivity index (χ0n) is 10.7. The largest absolute Gasteiger partial charge is 0.496 e. The van der Waals surface area contributed by atoms with Crippen LogP contribution in [0.15, 0.2) is 28.8 Å². The van der Waals surface area contributed by atoms with E-state index in [1.54, 1.807) is 14.2 Å². The Labute approximate surface area is 117 Å². The summed E-state index contributed by atoms with van der Waals surface area (Å²) in [5.41, 5.74) is 6.31. The van der Waals surface area contributed by atoms with E-state index in [0.29, 0.717) is 17.5 Å². The van der Waals surface area contributed by atoms with Crippen LogP contribution in [0, 0.1) is 0 Å². The summed E-state index contributed by atoms with van der Waals surface area (Å²) in [6, 6.07) is 7.45. The van der Waals surface area contributed by atoms with Gasteiger partial charge in [0, 0.05) is 13.7 Å². The maximum atomic E-state index is 5.54. The summed E-state index contributed by atoms with van der Waals surface area (Å²) >= 11 is 0. The lowest BCUT2D eigenvalue weighted by Gasteiger charge is -2.06. The van der Waals surface area contributed by atoms with E-state index in [2.05, 4.69) is 10.1 Å². The summed E-state index contributed by atoms with van der Waals surface area (Å²) in [4.78, 5) is 4.27. The number of para-hydroxylation sites is 1. The molecule has 1 aromatic heterocycles. The normalized spacial score (nSPS) is 11.7. The third-order valence-electron chi connectivity index (χ3n) is 2.56. The predicted octanol–water partition coefficient (Wildman–Crippen LogP) is 1.81. The first-order chi connectivity index (χ1) is 8.80. The van der Waals surface area contributed by atoms with Gasteiger partial charge in [-0.2, -0.15) is 4.98 Å². The number of hydrogen-bond donors (Lipinski definition) is 1. The van der Waals surface area contributed by atoms with E-state index in [1.165, 1.54) is 0 Å². The number of nitrogens with two attached hydrogens (primary N) is 1. The van der Waals surface area contributed by atoms with Gasteiger partial charge in [0.15, 0.2) is 0 Å². The molecule has 0 amide bonds. The van der Waals surface area contributed by atoms with Gasteiger partial charge in [-0.1, -0.05) is 17.3 Å². The summed E-state index contributed by atoms with van der Waals surface area (Å²) < 4.78 is 15.5. The van der Waals surface area contributed by atoms with Gasteiger partial charge in [-0.3, -0.25) is 0 Å². The molecule has 2 rings (SSSR count). The quantitative estimate of drug-likeness (QED) is 0.902. The highest BCUT2D eigenvalue weighted by atomic mass is 35.5. The summed E-state index contributed by atoms with van der Waals surface area (Å²) in [7, 11) is 3.14. The Morgan fingerprint density at radius 1 is 1.32 bits per heavy atom. The summed E-state index contributed by atoms with van der Waals surface area (Å²) in [6.07, 6.45) is -0.388. The Kier molecular flexibility index (Phi) is 5.75. The minimum absolute atomic E-state index is 0. The molecule has 0 aliphatic heterocycles. The van der Waals surface area contributed by atoms with Crippen LogP contribution in [0.4, 0.5) is 0 Å². The van der Waals surface area contributed by atoms with Crippen molar-refractivity contribution >= 4 is 12.4 Å². The molecule has 0 aliphatic carbocycles. The Morgan fingerprint density at radius 3 is 2.68 bits per heavy atom. The van der Waals surface area contributed by atoms with E-state index >= 15 is 0 Å². The van der Waals surface area contributed by atoms with Crippen LogP contribution < -0.4 is 10.5 Å². The molecule has 1 unspecified atom stereocenters. The number of methoxy groups -OCH3 is 2. The predicted molar refractivity (Wildman–Crippen MR) is 72.3 cm³/mol. The second kappa shape index (κ2) is 7.08. The molecule has 0 bridgehead atoms. The van der Waals surface area contributed by atoms with E-state index < -0.39 is 0 Å². The zero-order chi connectivity index (χ0) is 13.0. The van der Waals surface area contributed by atoms with Crippen LogP contribution in [-0.4, -0.2) is 30.9 Å². The highest BCUT2D eigenvalue weighted by Gasteiger charge is 2.19. The monoisotopic (exact) mass is 285 g/mol. The van der Waals surface area contributed by atoms with Crippen LogP contribution >= 0.6 is 12.4 Å². The van der Waals surface area contributed by atoms with Crippen molar-refractivity contribution < 1.29 is 14.0 Å². The van der Waals surface area contributed by atoms with E-state index in [0.717, 1.165) is 5.56 Å². The smallest absolute Gasteiger partial charge is 0.257 e. The Hall–Kier alpha value is -1.63. The molecule has 0 saturated heterocycles. The molecule has 0 fully saturated rings. The van der Waals surface area contributed by atoms with Gasteiger partial charge < -0.3 is 19.7 Å². The van der Waals surface area contributed by atoms with Crippen molar-refractivity contribution in [3.8, 4) is 17.1 Å². The summed E-state index contributed by atoms with van der Waals surface area (Å²) in [6.45, 7) is 0.282. The van der Waals surface area contributed by atoms with Gasteiger partial charge in [0.25, 0.3) is 5.89 Å². The van der Waals surface area contributed by atoms with Crippen LogP contribution in [0.2, 0.25) is 0 Å². The van der Waals surface area contributed by atoms with Gasteiger partial charge in [0.1, 0.15) is 11.9 Å². The standard InChI is InChI=1S/C12H15N3O3.ClH/c1-16-9-6-4-3-5-8(9)11-14-12(18-15-11)10(7-13)17-2;/h3-6,10H,7,13H2,1-2H3;1H. The number of benzene rings is 1. The Bertz CT molecular complexity index is 514. The lowest BCUT2D eigenvalue weighted by Crippen LogP contribution is -2.14. The van der Waals surface area contributed by atoms with Crippen LogP contribution in [0.3, 0.4) is 0 Å². The topological polar surface area (TPSA) is 83.4 Å².